The highest BCUT2D eigenvalue weighted by atomic mass is 32.1. The molecule has 4 rings (SSSR count). The van der Waals surface area contributed by atoms with Crippen LogP contribution in [-0.4, -0.2) is 26.2 Å². The summed E-state index contributed by atoms with van der Waals surface area (Å²) in [6.45, 7) is 2.70. The first-order chi connectivity index (χ1) is 13.3. The molecule has 0 atom stereocenters. The number of hydrogen-bond donors (Lipinski definition) is 1. The molecule has 1 N–H and O–H groups in total. The van der Waals surface area contributed by atoms with Gasteiger partial charge in [-0.25, -0.2) is 0 Å². The van der Waals surface area contributed by atoms with E-state index in [0.717, 1.165) is 44.5 Å². The molecule has 0 amide bonds. The zero-order valence-corrected chi connectivity index (χ0v) is 16.5. The summed E-state index contributed by atoms with van der Waals surface area (Å²) in [7, 11) is 1.44. The molecular formula is C22H25NO3S. The van der Waals surface area contributed by atoms with Crippen LogP contribution in [0.4, 0.5) is 0 Å². The Bertz CT molecular complexity index is 860. The maximum Gasteiger partial charge on any atom is 0.305 e. The minimum absolute atomic E-state index is 0.145. The number of piperidine rings is 1. The van der Waals surface area contributed by atoms with E-state index in [2.05, 4.69) is 35.0 Å². The Labute approximate surface area is 164 Å². The number of nitrogens with one attached hydrogen (secondary N) is 1. The number of hydrogen-bond acceptors (Lipinski definition) is 5. The number of esters is 1. The molecule has 27 heavy (non-hydrogen) atoms. The van der Waals surface area contributed by atoms with E-state index < -0.39 is 0 Å². The van der Waals surface area contributed by atoms with Crippen molar-refractivity contribution in [1.82, 2.24) is 5.32 Å². The lowest BCUT2D eigenvalue weighted by Gasteiger charge is -2.21. The van der Waals surface area contributed by atoms with Crippen molar-refractivity contribution in [3.8, 4) is 5.75 Å². The van der Waals surface area contributed by atoms with Gasteiger partial charge >= 0.3 is 5.97 Å². The predicted octanol–water partition coefficient (Wildman–Crippen LogP) is 4.32. The van der Waals surface area contributed by atoms with Gasteiger partial charge < -0.3 is 14.8 Å². The van der Waals surface area contributed by atoms with Crippen LogP contribution in [0.2, 0.25) is 0 Å². The molecule has 0 spiro atoms. The second-order valence-corrected chi connectivity index (χ2v) is 7.97. The Balaban J connectivity index is 1.70. The van der Waals surface area contributed by atoms with Gasteiger partial charge in [-0.15, -0.1) is 11.3 Å². The second-order valence-electron chi connectivity index (χ2n) is 7.05. The number of rotatable bonds is 4. The van der Waals surface area contributed by atoms with E-state index in [0.29, 0.717) is 13.0 Å². The lowest BCUT2D eigenvalue weighted by Crippen LogP contribution is -2.23. The van der Waals surface area contributed by atoms with Gasteiger partial charge in [0.25, 0.3) is 0 Å². The normalized spacial score (nSPS) is 16.2. The van der Waals surface area contributed by atoms with Crippen LogP contribution in [0, 0.1) is 0 Å². The molecule has 1 aromatic carbocycles. The molecule has 0 saturated carbocycles. The average Bonchev–Trinajstić information content (AvgIpc) is 3.10. The maximum absolute atomic E-state index is 11.4. The molecular weight excluding hydrogens is 358 g/mol. The van der Waals surface area contributed by atoms with E-state index in [1.54, 1.807) is 0 Å². The van der Waals surface area contributed by atoms with Crippen molar-refractivity contribution in [3.63, 3.8) is 0 Å². The number of fused-ring (bicyclic) bond motifs is 2. The van der Waals surface area contributed by atoms with Gasteiger partial charge in [0.15, 0.2) is 0 Å². The van der Waals surface area contributed by atoms with Crippen molar-refractivity contribution in [2.75, 3.05) is 20.2 Å². The molecule has 0 radical (unpaired) electrons. The van der Waals surface area contributed by atoms with E-state index in [9.17, 15) is 4.79 Å². The smallest absolute Gasteiger partial charge is 0.305 e. The molecule has 0 unspecified atom stereocenters. The van der Waals surface area contributed by atoms with Crippen molar-refractivity contribution in [2.45, 2.75) is 38.7 Å². The lowest BCUT2D eigenvalue weighted by molar-refractivity contribution is -0.140. The monoisotopic (exact) mass is 383 g/mol. The average molecular weight is 384 g/mol. The van der Waals surface area contributed by atoms with Crippen LogP contribution in [0.15, 0.2) is 35.2 Å². The van der Waals surface area contributed by atoms with Crippen molar-refractivity contribution in [1.29, 1.82) is 0 Å². The van der Waals surface area contributed by atoms with Crippen LogP contribution in [0.3, 0.4) is 0 Å². The molecule has 4 nitrogen and oxygen atoms in total. The third kappa shape index (κ3) is 3.94. The summed E-state index contributed by atoms with van der Waals surface area (Å²) in [5.41, 5.74) is 6.64. The Morgan fingerprint density at radius 3 is 2.93 bits per heavy atom. The number of carbonyl (C=O) groups is 1. The SMILES string of the molecule is COC(=O)CCCc1ccc2c(c1)C(=C1CCNCC1)c1sccc1CO2. The molecule has 0 aliphatic carbocycles. The van der Waals surface area contributed by atoms with Gasteiger partial charge in [0.1, 0.15) is 12.4 Å². The maximum atomic E-state index is 11.4. The first-order valence-corrected chi connectivity index (χ1v) is 10.5. The zero-order valence-electron chi connectivity index (χ0n) is 15.7. The molecule has 1 fully saturated rings. The number of benzene rings is 1. The fourth-order valence-corrected chi connectivity index (χ4v) is 4.89. The molecule has 1 saturated heterocycles. The third-order valence-corrected chi connectivity index (χ3v) is 6.28. The Kier molecular flexibility index (Phi) is 5.60. The van der Waals surface area contributed by atoms with Crippen LogP contribution in [0.25, 0.3) is 5.57 Å². The van der Waals surface area contributed by atoms with Gasteiger partial charge in [0.05, 0.1) is 7.11 Å². The van der Waals surface area contributed by atoms with Gasteiger partial charge in [0.2, 0.25) is 0 Å². The second kappa shape index (κ2) is 8.28. The van der Waals surface area contributed by atoms with E-state index in [1.807, 2.05) is 11.3 Å². The molecule has 2 aliphatic rings. The standard InChI is InChI=1S/C22H25NO3S/c1-25-20(24)4-2-3-15-5-6-19-18(13-15)21(16-7-10-23-11-8-16)22-17(14-26-19)9-12-27-22/h5-6,9,12-13,23H,2-4,7-8,10-11,14H2,1H3. The van der Waals surface area contributed by atoms with Gasteiger partial charge in [0, 0.05) is 28.0 Å². The number of aryl methyl sites for hydroxylation is 1. The highest BCUT2D eigenvalue weighted by Crippen LogP contribution is 2.43. The Morgan fingerprint density at radius 2 is 2.11 bits per heavy atom. The molecule has 2 aliphatic heterocycles. The van der Waals surface area contributed by atoms with Gasteiger partial charge in [-0.3, -0.25) is 4.79 Å². The van der Waals surface area contributed by atoms with E-state index >= 15 is 0 Å². The van der Waals surface area contributed by atoms with Crippen LogP contribution in [-0.2, 0) is 22.6 Å². The first kappa shape index (κ1) is 18.3. The summed E-state index contributed by atoms with van der Waals surface area (Å²) >= 11 is 1.82. The predicted molar refractivity (Wildman–Crippen MR) is 108 cm³/mol. The largest absolute Gasteiger partial charge is 0.488 e. The van der Waals surface area contributed by atoms with Gasteiger partial charge in [-0.2, -0.15) is 0 Å². The quantitative estimate of drug-likeness (QED) is 0.799. The summed E-state index contributed by atoms with van der Waals surface area (Å²) in [5, 5.41) is 5.63. The summed E-state index contributed by atoms with van der Waals surface area (Å²) in [5.74, 6) is 0.824. The van der Waals surface area contributed by atoms with Crippen molar-refractivity contribution in [2.24, 2.45) is 0 Å². The lowest BCUT2D eigenvalue weighted by atomic mass is 9.90. The summed E-state index contributed by atoms with van der Waals surface area (Å²) < 4.78 is 10.9. The van der Waals surface area contributed by atoms with Crippen LogP contribution >= 0.6 is 11.3 Å². The van der Waals surface area contributed by atoms with E-state index in [-0.39, 0.29) is 5.97 Å². The van der Waals surface area contributed by atoms with Gasteiger partial charge in [-0.05, 0) is 67.9 Å². The van der Waals surface area contributed by atoms with Crippen molar-refractivity contribution >= 4 is 22.9 Å². The zero-order chi connectivity index (χ0) is 18.6. The topological polar surface area (TPSA) is 47.6 Å². The molecule has 5 heteroatoms. The fourth-order valence-electron chi connectivity index (χ4n) is 3.87. The van der Waals surface area contributed by atoms with E-state index in [4.69, 9.17) is 9.47 Å². The van der Waals surface area contributed by atoms with Crippen molar-refractivity contribution < 1.29 is 14.3 Å². The third-order valence-electron chi connectivity index (χ3n) is 5.31. The van der Waals surface area contributed by atoms with Gasteiger partial charge in [-0.1, -0.05) is 11.6 Å². The van der Waals surface area contributed by atoms with Crippen LogP contribution in [0.1, 0.15) is 47.3 Å². The minimum Gasteiger partial charge on any atom is -0.488 e. The summed E-state index contributed by atoms with van der Waals surface area (Å²) in [6.07, 6.45) is 4.28. The first-order valence-electron chi connectivity index (χ1n) is 9.58. The highest BCUT2D eigenvalue weighted by Gasteiger charge is 2.24. The number of thiophene rings is 1. The summed E-state index contributed by atoms with van der Waals surface area (Å²) in [4.78, 5) is 12.8. The molecule has 3 heterocycles. The number of carbonyl (C=O) groups excluding carboxylic acids is 1. The molecule has 2 aromatic rings. The Morgan fingerprint density at radius 1 is 1.26 bits per heavy atom. The van der Waals surface area contributed by atoms with E-state index in [1.165, 1.54) is 39.8 Å². The molecule has 142 valence electrons. The van der Waals surface area contributed by atoms with Crippen LogP contribution in [0.5, 0.6) is 5.75 Å². The number of methoxy groups -OCH3 is 1. The summed E-state index contributed by atoms with van der Waals surface area (Å²) in [6, 6.07) is 8.68. The molecule has 0 bridgehead atoms. The van der Waals surface area contributed by atoms with Crippen LogP contribution < -0.4 is 10.1 Å². The highest BCUT2D eigenvalue weighted by molar-refractivity contribution is 7.11. The fraction of sp³-hybridized carbons (Fsp3) is 0.409. The van der Waals surface area contributed by atoms with Crippen molar-refractivity contribution in [3.05, 3.63) is 56.8 Å². The Hall–Kier alpha value is -2.11. The molecule has 1 aromatic heterocycles. The number of ether oxygens (including phenoxy) is 2. The minimum atomic E-state index is -0.145.